The number of amides is 1. The second-order valence-electron chi connectivity index (χ2n) is 11.2. The number of benzene rings is 1. The van der Waals surface area contributed by atoms with Gasteiger partial charge < -0.3 is 14.5 Å². The lowest BCUT2D eigenvalue weighted by molar-refractivity contribution is -0.150. The third-order valence-corrected chi connectivity index (χ3v) is 7.57. The molecule has 1 saturated heterocycles. The molecule has 0 bridgehead atoms. The van der Waals surface area contributed by atoms with Crippen molar-refractivity contribution in [3.8, 4) is 0 Å². The first-order chi connectivity index (χ1) is 17.3. The van der Waals surface area contributed by atoms with Crippen molar-refractivity contribution >= 4 is 27.8 Å². The molecule has 3 aromatic rings. The molecule has 0 unspecified atom stereocenters. The second kappa shape index (κ2) is 10.0. The molecule has 2 aromatic heterocycles. The molecule has 0 saturated carbocycles. The van der Waals surface area contributed by atoms with Crippen LogP contribution in [0.15, 0.2) is 51.6 Å². The van der Waals surface area contributed by atoms with E-state index in [9.17, 15) is 14.7 Å². The van der Waals surface area contributed by atoms with Gasteiger partial charge in [0.25, 0.3) is 5.91 Å². The maximum atomic E-state index is 14.4. The van der Waals surface area contributed by atoms with Gasteiger partial charge in [0.05, 0.1) is 17.7 Å². The van der Waals surface area contributed by atoms with Crippen LogP contribution in [0.2, 0.25) is 0 Å². The van der Waals surface area contributed by atoms with Crippen LogP contribution < -0.4 is 0 Å². The maximum absolute atomic E-state index is 14.4. The first kappa shape index (κ1) is 27.0. The van der Waals surface area contributed by atoms with Crippen molar-refractivity contribution in [2.45, 2.75) is 77.3 Å². The number of carboxylic acid groups (broad SMARTS) is 1. The van der Waals surface area contributed by atoms with Crippen molar-refractivity contribution in [2.75, 3.05) is 0 Å². The molecule has 3 heterocycles. The third kappa shape index (κ3) is 5.06. The molecule has 1 amide bonds. The Labute approximate surface area is 225 Å². The standard InChI is InChI=1S/C28H33BrN4O4/c1-16(2)14-28(26(35)36)15-19(24-31-17(3)32-37-24)23(22-9-7-8-12-30-22)33(28)25(34)18-10-11-20(21(29)13-18)27(4,5)6/h7-13,16,19,23H,14-15H2,1-6H3,(H,35,36)/t19-,23-,28+/m1/s1. The van der Waals surface area contributed by atoms with Crippen molar-refractivity contribution in [1.29, 1.82) is 0 Å². The largest absolute Gasteiger partial charge is 0.479 e. The SMILES string of the molecule is Cc1noc([C@@H]2C[C@@](CC(C)C)(C(=O)O)N(C(=O)c3ccc(C(C)(C)C)c(Br)c3)[C@H]2c2ccccn2)n1. The van der Waals surface area contributed by atoms with Gasteiger partial charge in [-0.15, -0.1) is 0 Å². The van der Waals surface area contributed by atoms with Gasteiger partial charge in [0.2, 0.25) is 5.89 Å². The molecule has 0 spiro atoms. The lowest BCUT2D eigenvalue weighted by Gasteiger charge is -2.39. The molecule has 1 aliphatic heterocycles. The summed E-state index contributed by atoms with van der Waals surface area (Å²) in [5, 5.41) is 14.7. The summed E-state index contributed by atoms with van der Waals surface area (Å²) in [6.45, 7) is 11.9. The molecule has 0 aliphatic carbocycles. The number of aliphatic carboxylic acids is 1. The number of nitrogens with zero attached hydrogens (tertiary/aromatic N) is 4. The monoisotopic (exact) mass is 568 g/mol. The van der Waals surface area contributed by atoms with E-state index in [1.165, 1.54) is 4.90 Å². The molecule has 0 radical (unpaired) electrons. The van der Waals surface area contributed by atoms with E-state index < -0.39 is 23.5 Å². The number of halogens is 1. The molecule has 8 nitrogen and oxygen atoms in total. The Balaban J connectivity index is 1.93. The fourth-order valence-electron chi connectivity index (χ4n) is 5.45. The van der Waals surface area contributed by atoms with Gasteiger partial charge in [0, 0.05) is 16.2 Å². The van der Waals surface area contributed by atoms with E-state index in [4.69, 9.17) is 4.52 Å². The first-order valence-electron chi connectivity index (χ1n) is 12.4. The molecule has 37 heavy (non-hydrogen) atoms. The Kier molecular flexibility index (Phi) is 7.29. The highest BCUT2D eigenvalue weighted by molar-refractivity contribution is 9.10. The van der Waals surface area contributed by atoms with Crippen LogP contribution in [0.3, 0.4) is 0 Å². The molecule has 1 aliphatic rings. The fourth-order valence-corrected chi connectivity index (χ4v) is 6.42. The summed E-state index contributed by atoms with van der Waals surface area (Å²) in [5.74, 6) is -1.20. The van der Waals surface area contributed by atoms with Crippen LogP contribution in [0.1, 0.15) is 92.8 Å². The Bertz CT molecular complexity index is 1300. The van der Waals surface area contributed by atoms with Gasteiger partial charge >= 0.3 is 5.97 Å². The van der Waals surface area contributed by atoms with Gasteiger partial charge in [-0.25, -0.2) is 4.79 Å². The summed E-state index contributed by atoms with van der Waals surface area (Å²) in [6, 6.07) is 10.2. The average Bonchev–Trinajstić information content (AvgIpc) is 3.39. The van der Waals surface area contributed by atoms with E-state index >= 15 is 0 Å². The number of carbonyl (C=O) groups excluding carboxylic acids is 1. The van der Waals surface area contributed by atoms with Crippen LogP contribution in [0.25, 0.3) is 0 Å². The number of aryl methyl sites for hydroxylation is 1. The van der Waals surface area contributed by atoms with Gasteiger partial charge in [-0.1, -0.05) is 67.8 Å². The van der Waals surface area contributed by atoms with Gasteiger partial charge in [0.1, 0.15) is 5.54 Å². The number of likely N-dealkylation sites (tertiary alicyclic amines) is 1. The minimum Gasteiger partial charge on any atom is -0.479 e. The number of aromatic nitrogens is 3. The zero-order valence-corrected chi connectivity index (χ0v) is 23.6. The summed E-state index contributed by atoms with van der Waals surface area (Å²) in [4.78, 5) is 38.0. The average molecular weight is 570 g/mol. The number of carbonyl (C=O) groups is 2. The van der Waals surface area contributed by atoms with Crippen molar-refractivity contribution < 1.29 is 19.2 Å². The Hall–Kier alpha value is -3.07. The molecule has 4 rings (SSSR count). The van der Waals surface area contributed by atoms with Crippen molar-refractivity contribution in [3.05, 3.63) is 75.6 Å². The van der Waals surface area contributed by atoms with Gasteiger partial charge in [-0.2, -0.15) is 4.98 Å². The van der Waals surface area contributed by atoms with Crippen LogP contribution in [-0.2, 0) is 10.2 Å². The van der Waals surface area contributed by atoms with E-state index in [0.29, 0.717) is 23.0 Å². The number of pyridine rings is 1. The molecule has 1 aromatic carbocycles. The topological polar surface area (TPSA) is 109 Å². The number of hydrogen-bond acceptors (Lipinski definition) is 6. The molecule has 9 heteroatoms. The van der Waals surface area contributed by atoms with Crippen LogP contribution in [0.4, 0.5) is 0 Å². The van der Waals surface area contributed by atoms with Crippen LogP contribution in [0, 0.1) is 12.8 Å². The smallest absolute Gasteiger partial charge is 0.329 e. The first-order valence-corrected chi connectivity index (χ1v) is 13.2. The van der Waals surface area contributed by atoms with E-state index in [2.05, 4.69) is 51.8 Å². The lowest BCUT2D eigenvalue weighted by Crippen LogP contribution is -2.54. The summed E-state index contributed by atoms with van der Waals surface area (Å²) in [7, 11) is 0. The highest BCUT2D eigenvalue weighted by atomic mass is 79.9. The number of hydrogen-bond donors (Lipinski definition) is 1. The highest BCUT2D eigenvalue weighted by Gasteiger charge is 2.61. The van der Waals surface area contributed by atoms with Gasteiger partial charge in [-0.05, 0) is 60.9 Å². The van der Waals surface area contributed by atoms with Gasteiger partial charge in [-0.3, -0.25) is 9.78 Å². The second-order valence-corrected chi connectivity index (χ2v) is 12.1. The third-order valence-electron chi connectivity index (χ3n) is 6.92. The van der Waals surface area contributed by atoms with E-state index in [-0.39, 0.29) is 30.1 Å². The normalized spacial score (nSPS) is 22.0. The zero-order chi connectivity index (χ0) is 27.1. The summed E-state index contributed by atoms with van der Waals surface area (Å²) in [5.41, 5.74) is 0.410. The van der Waals surface area contributed by atoms with E-state index in [0.717, 1.165) is 10.0 Å². The highest BCUT2D eigenvalue weighted by Crippen LogP contribution is 2.54. The summed E-state index contributed by atoms with van der Waals surface area (Å²) < 4.78 is 6.36. The van der Waals surface area contributed by atoms with E-state index in [1.54, 1.807) is 31.3 Å². The minimum atomic E-state index is -1.49. The zero-order valence-electron chi connectivity index (χ0n) is 22.0. The Morgan fingerprint density at radius 2 is 1.97 bits per heavy atom. The molecule has 1 fully saturated rings. The minimum absolute atomic E-state index is 0.00829. The predicted octanol–water partition coefficient (Wildman–Crippen LogP) is 6.07. The van der Waals surface area contributed by atoms with Gasteiger partial charge in [0.15, 0.2) is 5.82 Å². The van der Waals surface area contributed by atoms with Crippen molar-refractivity contribution in [2.24, 2.45) is 5.92 Å². The van der Waals surface area contributed by atoms with Crippen molar-refractivity contribution in [3.63, 3.8) is 0 Å². The Morgan fingerprint density at radius 3 is 2.49 bits per heavy atom. The van der Waals surface area contributed by atoms with Crippen molar-refractivity contribution in [1.82, 2.24) is 20.0 Å². The van der Waals surface area contributed by atoms with Crippen LogP contribution in [0.5, 0.6) is 0 Å². The predicted molar refractivity (Wildman–Crippen MR) is 142 cm³/mol. The quantitative estimate of drug-likeness (QED) is 0.384. The number of carboxylic acids is 1. The lowest BCUT2D eigenvalue weighted by atomic mass is 9.83. The Morgan fingerprint density at radius 1 is 1.24 bits per heavy atom. The van der Waals surface area contributed by atoms with Crippen LogP contribution >= 0.6 is 15.9 Å². The molecular formula is C28H33BrN4O4. The molecular weight excluding hydrogens is 536 g/mol. The summed E-state index contributed by atoms with van der Waals surface area (Å²) >= 11 is 3.64. The van der Waals surface area contributed by atoms with Crippen LogP contribution in [-0.4, -0.2) is 42.5 Å². The molecule has 196 valence electrons. The van der Waals surface area contributed by atoms with E-state index in [1.807, 2.05) is 32.0 Å². The maximum Gasteiger partial charge on any atom is 0.329 e. The fraction of sp³-hybridized carbons (Fsp3) is 0.464. The summed E-state index contributed by atoms with van der Waals surface area (Å²) in [6.07, 6.45) is 2.05. The molecule has 1 N–H and O–H groups in total. The number of rotatable bonds is 6. The molecule has 3 atom stereocenters.